The Morgan fingerprint density at radius 3 is 2.88 bits per heavy atom. The van der Waals surface area contributed by atoms with Crippen LogP contribution in [0.5, 0.6) is 0 Å². The van der Waals surface area contributed by atoms with E-state index in [9.17, 15) is 4.79 Å². The summed E-state index contributed by atoms with van der Waals surface area (Å²) in [4.78, 5) is 23.7. The third-order valence-electron chi connectivity index (χ3n) is 3.68. The van der Waals surface area contributed by atoms with Gasteiger partial charge in [-0.05, 0) is 30.5 Å². The van der Waals surface area contributed by atoms with Crippen LogP contribution in [0.4, 0.5) is 0 Å². The molecule has 3 aromatic rings. The molecule has 5 heteroatoms. The van der Waals surface area contributed by atoms with Gasteiger partial charge in [-0.3, -0.25) is 9.79 Å². The van der Waals surface area contributed by atoms with Gasteiger partial charge in [0.05, 0.1) is 6.54 Å². The lowest BCUT2D eigenvalue weighted by molar-refractivity contribution is -0.117. The minimum atomic E-state index is -0.149. The molecule has 0 aliphatic heterocycles. The lowest BCUT2D eigenvalue weighted by atomic mass is 10.1. The molecule has 2 N–H and O–H groups in total. The Balaban J connectivity index is 1.80. The van der Waals surface area contributed by atoms with Crippen molar-refractivity contribution in [3.63, 3.8) is 0 Å². The van der Waals surface area contributed by atoms with E-state index >= 15 is 0 Å². The summed E-state index contributed by atoms with van der Waals surface area (Å²) in [5.41, 5.74) is 3.31. The second kappa shape index (κ2) is 7.37. The highest BCUT2D eigenvalue weighted by Gasteiger charge is 2.10. The molecule has 0 saturated carbocycles. The number of pyridine rings is 1. The van der Waals surface area contributed by atoms with Gasteiger partial charge < -0.3 is 10.3 Å². The van der Waals surface area contributed by atoms with Gasteiger partial charge in [0, 0.05) is 35.5 Å². The number of carbonyl (C=O) groups is 1. The van der Waals surface area contributed by atoms with Crippen LogP contribution >= 0.6 is 0 Å². The monoisotopic (exact) mass is 318 g/mol. The molecule has 0 atom stereocenters. The van der Waals surface area contributed by atoms with Crippen molar-refractivity contribution >= 4 is 29.7 Å². The highest BCUT2D eigenvalue weighted by Crippen LogP contribution is 2.19. The Bertz CT molecular complexity index is 881. The molecular formula is C19H18N4O. The summed E-state index contributed by atoms with van der Waals surface area (Å²) in [5.74, 6) is -0.149. The summed E-state index contributed by atoms with van der Waals surface area (Å²) in [7, 11) is 0. The summed E-state index contributed by atoms with van der Waals surface area (Å²) in [6.07, 6.45) is 5.39. The molecule has 0 aliphatic carbocycles. The largest absolute Gasteiger partial charge is 0.348 e. The Morgan fingerprint density at radius 2 is 2.08 bits per heavy atom. The van der Waals surface area contributed by atoms with Crippen molar-refractivity contribution in [2.45, 2.75) is 6.54 Å². The second-order valence-corrected chi connectivity index (χ2v) is 5.36. The van der Waals surface area contributed by atoms with Gasteiger partial charge in [0.2, 0.25) is 5.91 Å². The molecular weight excluding hydrogens is 300 g/mol. The lowest BCUT2D eigenvalue weighted by Crippen LogP contribution is -2.25. The smallest absolute Gasteiger partial charge is 0.249 e. The molecule has 24 heavy (non-hydrogen) atoms. The van der Waals surface area contributed by atoms with Crippen LogP contribution in [0.1, 0.15) is 11.1 Å². The first-order valence-electron chi connectivity index (χ1n) is 7.65. The van der Waals surface area contributed by atoms with Gasteiger partial charge in [-0.2, -0.15) is 0 Å². The van der Waals surface area contributed by atoms with Crippen LogP contribution < -0.4 is 5.32 Å². The summed E-state index contributed by atoms with van der Waals surface area (Å²) >= 11 is 0. The number of aliphatic imine (C=N–C) groups is 1. The number of H-pyrrole nitrogens is 1. The molecule has 0 spiro atoms. The number of aromatic nitrogens is 2. The summed E-state index contributed by atoms with van der Waals surface area (Å²) in [6, 6.07) is 13.6. The summed E-state index contributed by atoms with van der Waals surface area (Å²) in [6.45, 7) is 4.24. The molecule has 0 aliphatic rings. The number of carbonyl (C=O) groups excluding carboxylic acids is 1. The second-order valence-electron chi connectivity index (χ2n) is 5.36. The Kier molecular flexibility index (Phi) is 4.81. The maximum absolute atomic E-state index is 12.5. The highest BCUT2D eigenvalue weighted by molar-refractivity contribution is 6.00. The number of benzene rings is 1. The number of nitrogens with zero attached hydrogens (tertiary/aromatic N) is 2. The first-order chi connectivity index (χ1) is 11.8. The standard InChI is InChI=1S/C19H18N4O/c1-20-12-16(19(24)23-11-14-6-3-2-4-7-14)10-15-13-22-18-17(15)8-5-9-21-18/h2-10,13H,1,11-12H2,(H,21,22)(H,23,24)/b16-10+. The van der Waals surface area contributed by atoms with E-state index in [0.717, 1.165) is 22.2 Å². The van der Waals surface area contributed by atoms with Crippen LogP contribution in [0.2, 0.25) is 0 Å². The number of nitrogens with one attached hydrogen (secondary N) is 2. The van der Waals surface area contributed by atoms with E-state index < -0.39 is 0 Å². The SMILES string of the molecule is C=NC/C(=C\c1c[nH]c2ncccc12)C(=O)NCc1ccccc1. The molecule has 1 aromatic carbocycles. The van der Waals surface area contributed by atoms with Crippen molar-refractivity contribution < 1.29 is 4.79 Å². The lowest BCUT2D eigenvalue weighted by Gasteiger charge is -2.07. The van der Waals surface area contributed by atoms with Crippen LogP contribution in [0.3, 0.4) is 0 Å². The molecule has 0 bridgehead atoms. The normalized spacial score (nSPS) is 11.4. The van der Waals surface area contributed by atoms with Gasteiger partial charge in [-0.15, -0.1) is 0 Å². The number of hydrogen-bond donors (Lipinski definition) is 2. The van der Waals surface area contributed by atoms with Crippen LogP contribution in [0, 0.1) is 0 Å². The minimum absolute atomic E-state index is 0.149. The Labute approximate surface area is 140 Å². The van der Waals surface area contributed by atoms with Gasteiger partial charge in [-0.1, -0.05) is 30.3 Å². The van der Waals surface area contributed by atoms with E-state index in [4.69, 9.17) is 0 Å². The average Bonchev–Trinajstić information content (AvgIpc) is 3.03. The molecule has 3 rings (SSSR count). The van der Waals surface area contributed by atoms with Gasteiger partial charge in [-0.25, -0.2) is 4.98 Å². The van der Waals surface area contributed by atoms with Crippen LogP contribution in [0.15, 0.2) is 65.4 Å². The quantitative estimate of drug-likeness (QED) is 0.542. The van der Waals surface area contributed by atoms with Crippen LogP contribution in [-0.4, -0.2) is 29.1 Å². The summed E-state index contributed by atoms with van der Waals surface area (Å²) in [5, 5.41) is 3.89. The van der Waals surface area contributed by atoms with Crippen molar-refractivity contribution in [1.82, 2.24) is 15.3 Å². The maximum atomic E-state index is 12.5. The Hall–Kier alpha value is -3.21. The third kappa shape index (κ3) is 3.57. The van der Waals surface area contributed by atoms with Crippen molar-refractivity contribution in [2.75, 3.05) is 6.54 Å². The maximum Gasteiger partial charge on any atom is 0.249 e. The topological polar surface area (TPSA) is 70.1 Å². The van der Waals surface area contributed by atoms with Gasteiger partial charge in [0.25, 0.3) is 0 Å². The molecule has 1 amide bonds. The third-order valence-corrected chi connectivity index (χ3v) is 3.68. The zero-order valence-electron chi connectivity index (χ0n) is 13.2. The zero-order valence-corrected chi connectivity index (χ0v) is 13.2. The number of hydrogen-bond acceptors (Lipinski definition) is 3. The molecule has 0 unspecified atom stereocenters. The van der Waals surface area contributed by atoms with Crippen LogP contribution in [-0.2, 0) is 11.3 Å². The number of aromatic amines is 1. The van der Waals surface area contributed by atoms with Crippen molar-refractivity contribution in [3.05, 3.63) is 71.6 Å². The van der Waals surface area contributed by atoms with E-state index in [-0.39, 0.29) is 12.5 Å². The molecule has 0 fully saturated rings. The fourth-order valence-corrected chi connectivity index (χ4v) is 2.48. The van der Waals surface area contributed by atoms with Crippen molar-refractivity contribution in [2.24, 2.45) is 4.99 Å². The predicted molar refractivity (Wildman–Crippen MR) is 96.8 cm³/mol. The molecule has 2 aromatic heterocycles. The Morgan fingerprint density at radius 1 is 1.25 bits per heavy atom. The van der Waals surface area contributed by atoms with Crippen LogP contribution in [0.25, 0.3) is 17.1 Å². The predicted octanol–water partition coefficient (Wildman–Crippen LogP) is 2.96. The summed E-state index contributed by atoms with van der Waals surface area (Å²) < 4.78 is 0. The molecule has 120 valence electrons. The highest BCUT2D eigenvalue weighted by atomic mass is 16.1. The van der Waals surface area contributed by atoms with E-state index in [0.29, 0.717) is 12.1 Å². The first kappa shape index (κ1) is 15.7. The van der Waals surface area contributed by atoms with E-state index in [2.05, 4.69) is 27.0 Å². The van der Waals surface area contributed by atoms with Crippen molar-refractivity contribution in [3.8, 4) is 0 Å². The first-order valence-corrected chi connectivity index (χ1v) is 7.65. The molecule has 5 nitrogen and oxygen atoms in total. The van der Waals surface area contributed by atoms with E-state index in [1.165, 1.54) is 0 Å². The minimum Gasteiger partial charge on any atom is -0.348 e. The van der Waals surface area contributed by atoms with Gasteiger partial charge in [0.15, 0.2) is 0 Å². The number of rotatable bonds is 6. The number of fused-ring (bicyclic) bond motifs is 1. The van der Waals surface area contributed by atoms with E-state index in [1.54, 1.807) is 6.20 Å². The average molecular weight is 318 g/mol. The van der Waals surface area contributed by atoms with E-state index in [1.807, 2.05) is 54.7 Å². The van der Waals surface area contributed by atoms with Gasteiger partial charge >= 0.3 is 0 Å². The molecule has 0 radical (unpaired) electrons. The number of amides is 1. The fraction of sp³-hybridized carbons (Fsp3) is 0.105. The zero-order chi connectivity index (χ0) is 16.8. The van der Waals surface area contributed by atoms with Gasteiger partial charge in [0.1, 0.15) is 5.65 Å². The molecule has 0 saturated heterocycles. The molecule has 2 heterocycles. The van der Waals surface area contributed by atoms with Crippen molar-refractivity contribution in [1.29, 1.82) is 0 Å². The fourth-order valence-electron chi connectivity index (χ4n) is 2.48.